The molecule has 0 spiro atoms. The first kappa shape index (κ1) is 18.8. The third-order valence-corrected chi connectivity index (χ3v) is 7.98. The van der Waals surface area contributed by atoms with Crippen molar-refractivity contribution in [2.45, 2.75) is 6.92 Å². The molecule has 0 aliphatic heterocycles. The summed E-state index contributed by atoms with van der Waals surface area (Å²) in [6.45, 7) is 2.19. The molecule has 0 saturated heterocycles. The lowest BCUT2D eigenvalue weighted by atomic mass is 9.97. The predicted molar refractivity (Wildman–Crippen MR) is 133 cm³/mol. The van der Waals surface area contributed by atoms with Gasteiger partial charge >= 0.3 is 0 Å². The normalized spacial score (nSPS) is 11.1. The summed E-state index contributed by atoms with van der Waals surface area (Å²) >= 11 is 0. The van der Waals surface area contributed by atoms with E-state index in [0.717, 1.165) is 0 Å². The molecule has 0 bridgehead atoms. The van der Waals surface area contributed by atoms with Gasteiger partial charge in [0.15, 0.2) is 0 Å². The quantitative estimate of drug-likeness (QED) is 0.298. The van der Waals surface area contributed by atoms with E-state index in [4.69, 9.17) is 0 Å². The van der Waals surface area contributed by atoms with Crippen LogP contribution >= 0.6 is 7.92 Å². The molecule has 0 heterocycles. The van der Waals surface area contributed by atoms with Gasteiger partial charge in [-0.05, 0) is 52.7 Å². The molecule has 0 amide bonds. The van der Waals surface area contributed by atoms with Crippen LogP contribution in [0.3, 0.4) is 0 Å². The van der Waals surface area contributed by atoms with E-state index >= 15 is 0 Å². The summed E-state index contributed by atoms with van der Waals surface area (Å²) in [5.74, 6) is 0. The summed E-state index contributed by atoms with van der Waals surface area (Å²) in [6, 6.07) is 44.2. The van der Waals surface area contributed by atoms with Crippen LogP contribution < -0.4 is 15.9 Å². The number of fused-ring (bicyclic) bond motifs is 1. The summed E-state index contributed by atoms with van der Waals surface area (Å²) in [5.41, 5.74) is 3.94. The van der Waals surface area contributed by atoms with Gasteiger partial charge in [0.1, 0.15) is 0 Å². The van der Waals surface area contributed by atoms with Crippen LogP contribution in [0.1, 0.15) is 5.56 Å². The second kappa shape index (κ2) is 8.27. The third kappa shape index (κ3) is 3.56. The van der Waals surface area contributed by atoms with Gasteiger partial charge in [0.25, 0.3) is 0 Å². The van der Waals surface area contributed by atoms with E-state index < -0.39 is 7.92 Å². The number of benzene rings is 5. The van der Waals surface area contributed by atoms with E-state index in [9.17, 15) is 0 Å². The second-order valence-corrected chi connectivity index (χ2v) is 9.74. The van der Waals surface area contributed by atoms with Gasteiger partial charge < -0.3 is 0 Å². The summed E-state index contributed by atoms with van der Waals surface area (Å²) in [4.78, 5) is 0. The van der Waals surface area contributed by atoms with Gasteiger partial charge in [-0.3, -0.25) is 0 Å². The number of rotatable bonds is 4. The molecule has 0 aliphatic carbocycles. The minimum absolute atomic E-state index is 0.662. The monoisotopic (exact) mass is 402 g/mol. The van der Waals surface area contributed by atoms with Gasteiger partial charge in [-0.25, -0.2) is 0 Å². The van der Waals surface area contributed by atoms with Crippen molar-refractivity contribution < 1.29 is 0 Å². The maximum atomic E-state index is 2.39. The molecule has 0 aromatic heterocycles. The Morgan fingerprint density at radius 3 is 1.80 bits per heavy atom. The molecule has 30 heavy (non-hydrogen) atoms. The highest BCUT2D eigenvalue weighted by molar-refractivity contribution is 7.80. The zero-order valence-electron chi connectivity index (χ0n) is 17.0. The van der Waals surface area contributed by atoms with Crippen LogP contribution in [0.4, 0.5) is 0 Å². The smallest absolute Gasteiger partial charge is 0.00698 e. The van der Waals surface area contributed by atoms with Crippen molar-refractivity contribution in [3.63, 3.8) is 0 Å². The predicted octanol–water partition coefficient (Wildman–Crippen LogP) is 6.57. The Morgan fingerprint density at radius 2 is 1.10 bits per heavy atom. The number of hydrogen-bond acceptors (Lipinski definition) is 0. The number of hydrogen-bond donors (Lipinski definition) is 0. The first-order chi connectivity index (χ1) is 14.8. The maximum absolute atomic E-state index is 2.39. The largest absolute Gasteiger partial charge is 0.0622 e. The Balaban J connectivity index is 1.80. The molecule has 0 fully saturated rings. The Kier molecular flexibility index (Phi) is 5.18. The molecule has 0 saturated carbocycles. The fourth-order valence-corrected chi connectivity index (χ4v) is 6.66. The SMILES string of the molecule is Cc1ccc(-c2cccc3ccccc23)c(P(c2ccccc2)c2ccccc2)c1. The highest BCUT2D eigenvalue weighted by Gasteiger charge is 2.21. The van der Waals surface area contributed by atoms with Crippen LogP contribution in [-0.2, 0) is 0 Å². The highest BCUT2D eigenvalue weighted by atomic mass is 31.1. The number of aryl methyl sites for hydroxylation is 1. The Morgan fingerprint density at radius 1 is 0.500 bits per heavy atom. The van der Waals surface area contributed by atoms with Gasteiger partial charge in [0.05, 0.1) is 0 Å². The molecule has 144 valence electrons. The standard InChI is InChI=1S/C29H23P/c1-22-19-20-28(27-18-10-12-23-11-8-9-17-26(23)27)29(21-22)30(24-13-4-2-5-14-24)25-15-6-3-7-16-25/h2-21H,1H3. The lowest BCUT2D eigenvalue weighted by Gasteiger charge is -2.23. The van der Waals surface area contributed by atoms with Crippen molar-refractivity contribution in [2.24, 2.45) is 0 Å². The molecule has 0 radical (unpaired) electrons. The molecular weight excluding hydrogens is 379 g/mol. The van der Waals surface area contributed by atoms with E-state index in [1.165, 1.54) is 43.4 Å². The summed E-state index contributed by atoms with van der Waals surface area (Å²) in [5, 5.41) is 6.77. The van der Waals surface area contributed by atoms with Crippen molar-refractivity contribution in [1.82, 2.24) is 0 Å². The van der Waals surface area contributed by atoms with Gasteiger partial charge in [-0.2, -0.15) is 0 Å². The summed E-state index contributed by atoms with van der Waals surface area (Å²) in [7, 11) is -0.662. The Hall–Kier alpha value is -3.21. The molecule has 0 aliphatic rings. The fraction of sp³-hybridized carbons (Fsp3) is 0.0345. The molecule has 5 rings (SSSR count). The topological polar surface area (TPSA) is 0 Å². The van der Waals surface area contributed by atoms with Crippen LogP contribution in [0, 0.1) is 6.92 Å². The van der Waals surface area contributed by atoms with Crippen molar-refractivity contribution in [3.05, 3.63) is 127 Å². The average molecular weight is 402 g/mol. The third-order valence-electron chi connectivity index (χ3n) is 5.50. The van der Waals surface area contributed by atoms with E-state index in [1.807, 2.05) is 0 Å². The zero-order valence-corrected chi connectivity index (χ0v) is 17.9. The lowest BCUT2D eigenvalue weighted by Crippen LogP contribution is -2.22. The van der Waals surface area contributed by atoms with Gasteiger partial charge in [-0.15, -0.1) is 0 Å². The molecule has 0 unspecified atom stereocenters. The van der Waals surface area contributed by atoms with E-state index in [0.29, 0.717) is 0 Å². The second-order valence-electron chi connectivity index (χ2n) is 7.55. The molecule has 1 heteroatoms. The summed E-state index contributed by atoms with van der Waals surface area (Å²) < 4.78 is 0. The molecule has 0 atom stereocenters. The Labute approximate surface area is 179 Å². The molecule has 0 N–H and O–H groups in total. The Bertz CT molecular complexity index is 1250. The fourth-order valence-electron chi connectivity index (χ4n) is 4.10. The minimum atomic E-state index is -0.662. The molecule has 5 aromatic carbocycles. The van der Waals surface area contributed by atoms with E-state index in [1.54, 1.807) is 0 Å². The van der Waals surface area contributed by atoms with Crippen molar-refractivity contribution in [3.8, 4) is 11.1 Å². The molecule has 5 aromatic rings. The van der Waals surface area contributed by atoms with Crippen molar-refractivity contribution in [1.29, 1.82) is 0 Å². The van der Waals surface area contributed by atoms with E-state index in [-0.39, 0.29) is 0 Å². The maximum Gasteiger partial charge on any atom is -0.00698 e. The van der Waals surface area contributed by atoms with Gasteiger partial charge in [0.2, 0.25) is 0 Å². The van der Waals surface area contributed by atoms with Crippen molar-refractivity contribution >= 4 is 34.6 Å². The van der Waals surface area contributed by atoms with Crippen LogP contribution in [0.15, 0.2) is 121 Å². The zero-order chi connectivity index (χ0) is 20.3. The average Bonchev–Trinajstić information content (AvgIpc) is 2.81. The first-order valence-corrected chi connectivity index (χ1v) is 11.6. The highest BCUT2D eigenvalue weighted by Crippen LogP contribution is 2.39. The van der Waals surface area contributed by atoms with Crippen LogP contribution in [0.5, 0.6) is 0 Å². The van der Waals surface area contributed by atoms with Gasteiger partial charge in [0, 0.05) is 0 Å². The van der Waals surface area contributed by atoms with E-state index in [2.05, 4.69) is 128 Å². The van der Waals surface area contributed by atoms with Gasteiger partial charge in [-0.1, -0.05) is 127 Å². The van der Waals surface area contributed by atoms with Crippen LogP contribution in [-0.4, -0.2) is 0 Å². The first-order valence-electron chi connectivity index (χ1n) is 10.3. The van der Waals surface area contributed by atoms with Crippen molar-refractivity contribution in [2.75, 3.05) is 0 Å². The lowest BCUT2D eigenvalue weighted by molar-refractivity contribution is 1.49. The summed E-state index contributed by atoms with van der Waals surface area (Å²) in [6.07, 6.45) is 0. The minimum Gasteiger partial charge on any atom is -0.0622 e. The van der Waals surface area contributed by atoms with Crippen LogP contribution in [0.2, 0.25) is 0 Å². The van der Waals surface area contributed by atoms with Crippen LogP contribution in [0.25, 0.3) is 21.9 Å². The molecular formula is C29H23P. The molecule has 0 nitrogen and oxygen atoms in total.